The summed E-state index contributed by atoms with van der Waals surface area (Å²) in [6.07, 6.45) is 3.26. The molecule has 0 bridgehead atoms. The van der Waals surface area contributed by atoms with E-state index in [4.69, 9.17) is 0 Å². The van der Waals surface area contributed by atoms with Crippen molar-refractivity contribution < 1.29 is 9.18 Å². The van der Waals surface area contributed by atoms with E-state index in [2.05, 4.69) is 5.32 Å². The molecule has 0 aromatic heterocycles. The smallest absolute Gasteiger partial charge is 0.319 e. The number of alkyl halides is 1. The quantitative estimate of drug-likeness (QED) is 0.572. The minimum absolute atomic E-state index is 0.271. The molecule has 0 aromatic rings. The Morgan fingerprint density at radius 1 is 1.36 bits per heavy atom. The molecule has 1 N–H and O–H groups in total. The molecule has 3 nitrogen and oxygen atoms in total. The summed E-state index contributed by atoms with van der Waals surface area (Å²) in [5, 5.41) is 2.14. The number of nitrogens with one attached hydrogen (secondary N) is 1. The Hall–Kier alpha value is -0.800. The highest BCUT2D eigenvalue weighted by atomic mass is 19.1. The Morgan fingerprint density at radius 3 is 2.55 bits per heavy atom. The Balaban J connectivity index is 2.27. The van der Waals surface area contributed by atoms with Crippen LogP contribution >= 0.6 is 0 Å². The van der Waals surface area contributed by atoms with Crippen molar-refractivity contribution >= 4 is 6.03 Å². The molecule has 1 heterocycles. The minimum atomic E-state index is -0.769. The normalized spacial score (nSPS) is 18.1. The summed E-state index contributed by atoms with van der Waals surface area (Å²) in [4.78, 5) is 12.6. The maximum Gasteiger partial charge on any atom is 0.319 e. The predicted molar refractivity (Wildman–Crippen MR) is 39.9 cm³/mol. The highest BCUT2D eigenvalue weighted by Crippen LogP contribution is 2.07. The summed E-state index contributed by atoms with van der Waals surface area (Å²) in [6, 6.07) is -0.271. The average molecular weight is 160 g/mol. The average Bonchev–Trinajstić information content (AvgIpc) is 2.07. The number of hydrogen-bond donors (Lipinski definition) is 1. The zero-order valence-electron chi connectivity index (χ0n) is 6.48. The van der Waals surface area contributed by atoms with Gasteiger partial charge in [0.25, 0.3) is 0 Å². The molecule has 1 aliphatic heterocycles. The number of halogens is 1. The van der Waals surface area contributed by atoms with E-state index < -0.39 is 6.80 Å². The van der Waals surface area contributed by atoms with Gasteiger partial charge in [-0.2, -0.15) is 0 Å². The van der Waals surface area contributed by atoms with Crippen molar-refractivity contribution in [2.75, 3.05) is 19.9 Å². The first-order valence-corrected chi connectivity index (χ1v) is 3.93. The maximum atomic E-state index is 11.6. The summed E-state index contributed by atoms with van der Waals surface area (Å²) in [5.74, 6) is 0. The third-order valence-electron chi connectivity index (χ3n) is 1.86. The monoisotopic (exact) mass is 160 g/mol. The summed E-state index contributed by atoms with van der Waals surface area (Å²) < 4.78 is 11.6. The van der Waals surface area contributed by atoms with Crippen molar-refractivity contribution in [2.24, 2.45) is 0 Å². The molecule has 0 spiro atoms. The van der Waals surface area contributed by atoms with Gasteiger partial charge in [0.1, 0.15) is 0 Å². The summed E-state index contributed by atoms with van der Waals surface area (Å²) >= 11 is 0. The minimum Gasteiger partial charge on any atom is -0.325 e. The lowest BCUT2D eigenvalue weighted by molar-refractivity contribution is 0.182. The third-order valence-corrected chi connectivity index (χ3v) is 1.86. The van der Waals surface area contributed by atoms with Gasteiger partial charge in [0.2, 0.25) is 0 Å². The second kappa shape index (κ2) is 4.16. The van der Waals surface area contributed by atoms with Crippen LogP contribution in [0.5, 0.6) is 0 Å². The second-order valence-electron chi connectivity index (χ2n) is 2.66. The Labute approximate surface area is 65.6 Å². The van der Waals surface area contributed by atoms with Crippen molar-refractivity contribution in [3.8, 4) is 0 Å². The molecule has 0 saturated carbocycles. The third kappa shape index (κ3) is 2.37. The fourth-order valence-corrected chi connectivity index (χ4v) is 1.27. The van der Waals surface area contributed by atoms with Gasteiger partial charge in [-0.25, -0.2) is 9.18 Å². The Kier molecular flexibility index (Phi) is 3.14. The van der Waals surface area contributed by atoms with Crippen LogP contribution in [-0.2, 0) is 0 Å². The number of carbonyl (C=O) groups is 1. The van der Waals surface area contributed by atoms with Gasteiger partial charge in [-0.05, 0) is 19.3 Å². The predicted octanol–water partition coefficient (Wildman–Crippen LogP) is 1.11. The van der Waals surface area contributed by atoms with E-state index in [0.717, 1.165) is 25.9 Å². The van der Waals surface area contributed by atoms with E-state index >= 15 is 0 Å². The summed E-state index contributed by atoms with van der Waals surface area (Å²) in [5.41, 5.74) is 0. The standard InChI is InChI=1S/C7H13FN2O/c8-6-9-7(11)10-4-2-1-3-5-10/h1-6H2,(H,9,11). The molecule has 0 aliphatic carbocycles. The van der Waals surface area contributed by atoms with E-state index in [9.17, 15) is 9.18 Å². The molecular formula is C7H13FN2O. The van der Waals surface area contributed by atoms with E-state index in [1.807, 2.05) is 0 Å². The molecule has 1 aliphatic rings. The zero-order valence-corrected chi connectivity index (χ0v) is 6.48. The molecule has 0 radical (unpaired) electrons. The SMILES string of the molecule is O=C(NCF)N1CCCCC1. The molecule has 4 heteroatoms. The number of carbonyl (C=O) groups excluding carboxylic acids is 1. The topological polar surface area (TPSA) is 32.3 Å². The fraction of sp³-hybridized carbons (Fsp3) is 0.857. The summed E-state index contributed by atoms with van der Waals surface area (Å²) in [7, 11) is 0. The van der Waals surface area contributed by atoms with Gasteiger partial charge in [0.05, 0.1) is 0 Å². The molecule has 0 atom stereocenters. The van der Waals surface area contributed by atoms with Crippen molar-refractivity contribution in [3.63, 3.8) is 0 Å². The van der Waals surface area contributed by atoms with Crippen LogP contribution in [0.1, 0.15) is 19.3 Å². The lowest BCUT2D eigenvalue weighted by atomic mass is 10.1. The number of hydrogen-bond acceptors (Lipinski definition) is 1. The zero-order chi connectivity index (χ0) is 8.10. The van der Waals surface area contributed by atoms with E-state index in [-0.39, 0.29) is 6.03 Å². The van der Waals surface area contributed by atoms with E-state index in [1.54, 1.807) is 4.90 Å². The lowest BCUT2D eigenvalue weighted by Gasteiger charge is -2.26. The van der Waals surface area contributed by atoms with Crippen molar-refractivity contribution in [2.45, 2.75) is 19.3 Å². The lowest BCUT2D eigenvalue weighted by Crippen LogP contribution is -2.42. The maximum absolute atomic E-state index is 11.6. The van der Waals surface area contributed by atoms with Crippen molar-refractivity contribution in [3.05, 3.63) is 0 Å². The first-order chi connectivity index (χ1) is 5.34. The molecule has 1 rings (SSSR count). The Morgan fingerprint density at radius 2 is 2.00 bits per heavy atom. The highest BCUT2D eigenvalue weighted by molar-refractivity contribution is 5.73. The van der Waals surface area contributed by atoms with Crippen LogP contribution < -0.4 is 5.32 Å². The van der Waals surface area contributed by atoms with Crippen LogP contribution in [0, 0.1) is 0 Å². The second-order valence-corrected chi connectivity index (χ2v) is 2.66. The molecule has 11 heavy (non-hydrogen) atoms. The van der Waals surface area contributed by atoms with Gasteiger partial charge in [0.15, 0.2) is 6.80 Å². The summed E-state index contributed by atoms with van der Waals surface area (Å²) in [6.45, 7) is 0.771. The van der Waals surface area contributed by atoms with Gasteiger partial charge in [0, 0.05) is 13.1 Å². The van der Waals surface area contributed by atoms with Crippen molar-refractivity contribution in [1.82, 2.24) is 10.2 Å². The first-order valence-electron chi connectivity index (χ1n) is 3.93. The molecular weight excluding hydrogens is 147 g/mol. The molecule has 1 fully saturated rings. The van der Waals surface area contributed by atoms with E-state index in [1.165, 1.54) is 6.42 Å². The number of piperidine rings is 1. The van der Waals surface area contributed by atoms with Crippen LogP contribution in [0.15, 0.2) is 0 Å². The number of rotatable bonds is 1. The molecule has 1 saturated heterocycles. The molecule has 2 amide bonds. The molecule has 0 unspecified atom stereocenters. The highest BCUT2D eigenvalue weighted by Gasteiger charge is 2.14. The van der Waals surface area contributed by atoms with Crippen LogP contribution in [0.25, 0.3) is 0 Å². The van der Waals surface area contributed by atoms with Gasteiger partial charge in [-0.1, -0.05) is 0 Å². The largest absolute Gasteiger partial charge is 0.325 e. The first kappa shape index (κ1) is 8.30. The molecule has 64 valence electrons. The van der Waals surface area contributed by atoms with Crippen LogP contribution in [0.4, 0.5) is 9.18 Å². The number of likely N-dealkylation sites (tertiary alicyclic amines) is 1. The van der Waals surface area contributed by atoms with Crippen molar-refractivity contribution in [1.29, 1.82) is 0 Å². The Bertz CT molecular complexity index is 134. The van der Waals surface area contributed by atoms with Gasteiger partial charge in [-0.15, -0.1) is 0 Å². The molecule has 0 aromatic carbocycles. The number of urea groups is 1. The van der Waals surface area contributed by atoms with Gasteiger partial charge >= 0.3 is 6.03 Å². The number of nitrogens with zero attached hydrogens (tertiary/aromatic N) is 1. The van der Waals surface area contributed by atoms with Gasteiger partial charge < -0.3 is 10.2 Å². The van der Waals surface area contributed by atoms with Crippen LogP contribution in [0.2, 0.25) is 0 Å². The van der Waals surface area contributed by atoms with Crippen LogP contribution in [0.3, 0.4) is 0 Å². The van der Waals surface area contributed by atoms with Gasteiger partial charge in [-0.3, -0.25) is 0 Å². The van der Waals surface area contributed by atoms with E-state index in [0.29, 0.717) is 0 Å². The fourth-order valence-electron chi connectivity index (χ4n) is 1.27. The number of amides is 2. The van der Waals surface area contributed by atoms with Crippen LogP contribution in [-0.4, -0.2) is 30.8 Å².